The monoisotopic (exact) mass is 296 g/mol. The quantitative estimate of drug-likeness (QED) is 0.554. The van der Waals surface area contributed by atoms with Crippen LogP contribution in [0.1, 0.15) is 34.1 Å². The van der Waals surface area contributed by atoms with Crippen LogP contribution in [0.15, 0.2) is 5.16 Å². The fourth-order valence-electron chi connectivity index (χ4n) is 1.47. The van der Waals surface area contributed by atoms with E-state index in [-0.39, 0.29) is 5.41 Å². The molecular formula is C13H24N6S. The second-order valence-electron chi connectivity index (χ2n) is 5.88. The number of hydrogen-bond acceptors (Lipinski definition) is 6. The molecule has 1 aromatic heterocycles. The van der Waals surface area contributed by atoms with Gasteiger partial charge in [0.05, 0.1) is 18.0 Å². The Labute approximate surface area is 125 Å². The zero-order chi connectivity index (χ0) is 15.0. The molecule has 1 heterocycles. The van der Waals surface area contributed by atoms with E-state index < -0.39 is 0 Å². The van der Waals surface area contributed by atoms with E-state index in [1.807, 2.05) is 18.5 Å². The molecule has 0 aliphatic carbocycles. The summed E-state index contributed by atoms with van der Waals surface area (Å²) in [5, 5.41) is 24.9. The highest BCUT2D eigenvalue weighted by Gasteiger charge is 2.17. The van der Waals surface area contributed by atoms with Crippen molar-refractivity contribution >= 4 is 11.8 Å². The lowest BCUT2D eigenvalue weighted by Gasteiger charge is -2.13. The van der Waals surface area contributed by atoms with Crippen LogP contribution < -0.4 is 5.32 Å². The number of nitriles is 1. The van der Waals surface area contributed by atoms with Crippen LogP contribution in [0.4, 0.5) is 0 Å². The Hall–Kier alpha value is -1.13. The van der Waals surface area contributed by atoms with Gasteiger partial charge in [-0.25, -0.2) is 4.68 Å². The summed E-state index contributed by atoms with van der Waals surface area (Å²) in [6, 6.07) is 2.31. The average Bonchev–Trinajstić information content (AvgIpc) is 2.82. The van der Waals surface area contributed by atoms with Gasteiger partial charge in [0, 0.05) is 12.3 Å². The standard InChI is InChI=1S/C13H24N6S/c1-11(2)9-15-6-7-19-12(16-17-18-19)20-8-5-13(3,4)10-14/h11,15H,5-9H2,1-4H3. The smallest absolute Gasteiger partial charge is 0.209 e. The Morgan fingerprint density at radius 3 is 2.85 bits per heavy atom. The Morgan fingerprint density at radius 2 is 2.20 bits per heavy atom. The van der Waals surface area contributed by atoms with Gasteiger partial charge in [-0.1, -0.05) is 25.6 Å². The Morgan fingerprint density at radius 1 is 1.45 bits per heavy atom. The molecule has 0 saturated heterocycles. The SMILES string of the molecule is CC(C)CNCCn1nnnc1SCCC(C)(C)C#N. The molecule has 20 heavy (non-hydrogen) atoms. The molecule has 0 amide bonds. The minimum Gasteiger partial charge on any atom is -0.315 e. The Bertz CT molecular complexity index is 434. The van der Waals surface area contributed by atoms with Gasteiger partial charge in [0.15, 0.2) is 0 Å². The van der Waals surface area contributed by atoms with E-state index in [2.05, 4.69) is 40.8 Å². The van der Waals surface area contributed by atoms with Gasteiger partial charge in [0.1, 0.15) is 0 Å². The maximum atomic E-state index is 8.98. The zero-order valence-electron chi connectivity index (χ0n) is 12.8. The van der Waals surface area contributed by atoms with Crippen LogP contribution in [0.3, 0.4) is 0 Å². The van der Waals surface area contributed by atoms with Crippen LogP contribution in [-0.2, 0) is 6.54 Å². The fraction of sp³-hybridized carbons (Fsp3) is 0.846. The Kier molecular flexibility index (Phi) is 6.96. The van der Waals surface area contributed by atoms with Gasteiger partial charge in [0.2, 0.25) is 5.16 Å². The van der Waals surface area contributed by atoms with Crippen LogP contribution in [0.25, 0.3) is 0 Å². The summed E-state index contributed by atoms with van der Waals surface area (Å²) in [5.41, 5.74) is -0.288. The first-order valence-electron chi connectivity index (χ1n) is 6.95. The lowest BCUT2D eigenvalue weighted by Crippen LogP contribution is -2.24. The molecular weight excluding hydrogens is 272 g/mol. The maximum absolute atomic E-state index is 8.98. The molecule has 1 N–H and O–H groups in total. The third-order valence-corrected chi connectivity index (χ3v) is 3.77. The van der Waals surface area contributed by atoms with E-state index in [0.717, 1.165) is 37.0 Å². The van der Waals surface area contributed by atoms with E-state index in [1.54, 1.807) is 11.8 Å². The molecule has 1 rings (SSSR count). The predicted molar refractivity (Wildman–Crippen MR) is 80.3 cm³/mol. The number of thioether (sulfide) groups is 1. The molecule has 1 aromatic rings. The highest BCUT2D eigenvalue weighted by Crippen LogP contribution is 2.24. The summed E-state index contributed by atoms with van der Waals surface area (Å²) in [6.45, 7) is 10.9. The molecule has 0 atom stereocenters. The van der Waals surface area contributed by atoms with Gasteiger partial charge in [0.25, 0.3) is 0 Å². The van der Waals surface area contributed by atoms with E-state index in [0.29, 0.717) is 5.92 Å². The molecule has 0 aliphatic heterocycles. The first-order chi connectivity index (χ1) is 9.44. The largest absolute Gasteiger partial charge is 0.315 e. The number of tetrazole rings is 1. The highest BCUT2D eigenvalue weighted by molar-refractivity contribution is 7.99. The third kappa shape index (κ3) is 6.35. The number of aromatic nitrogens is 4. The van der Waals surface area contributed by atoms with Gasteiger partial charge in [-0.3, -0.25) is 0 Å². The molecule has 7 heteroatoms. The lowest BCUT2D eigenvalue weighted by atomic mass is 9.93. The van der Waals surface area contributed by atoms with Crippen molar-refractivity contribution in [3.63, 3.8) is 0 Å². The summed E-state index contributed by atoms with van der Waals surface area (Å²) in [6.07, 6.45) is 0.826. The molecule has 0 unspecified atom stereocenters. The molecule has 0 aliphatic rings. The van der Waals surface area contributed by atoms with Crippen LogP contribution >= 0.6 is 11.8 Å². The summed E-state index contributed by atoms with van der Waals surface area (Å²) < 4.78 is 1.82. The highest BCUT2D eigenvalue weighted by atomic mass is 32.2. The number of nitrogens with one attached hydrogen (secondary N) is 1. The van der Waals surface area contributed by atoms with Crippen LogP contribution in [-0.4, -0.2) is 39.0 Å². The van der Waals surface area contributed by atoms with Crippen LogP contribution in [0.2, 0.25) is 0 Å². The summed E-state index contributed by atoms with van der Waals surface area (Å²) in [5.74, 6) is 1.49. The molecule has 112 valence electrons. The second kappa shape index (κ2) is 8.22. The average molecular weight is 296 g/mol. The molecule has 0 radical (unpaired) electrons. The van der Waals surface area contributed by atoms with Gasteiger partial charge >= 0.3 is 0 Å². The lowest BCUT2D eigenvalue weighted by molar-refractivity contribution is 0.476. The minimum absolute atomic E-state index is 0.288. The van der Waals surface area contributed by atoms with Gasteiger partial charge in [-0.2, -0.15) is 5.26 Å². The summed E-state index contributed by atoms with van der Waals surface area (Å²) in [4.78, 5) is 0. The predicted octanol–water partition coefficient (Wildman–Crippen LogP) is 1.95. The van der Waals surface area contributed by atoms with Crippen LogP contribution in [0, 0.1) is 22.7 Å². The summed E-state index contributed by atoms with van der Waals surface area (Å²) in [7, 11) is 0. The second-order valence-corrected chi connectivity index (χ2v) is 6.94. The van der Waals surface area contributed by atoms with Crippen molar-refractivity contribution in [2.75, 3.05) is 18.8 Å². The van der Waals surface area contributed by atoms with Crippen molar-refractivity contribution in [1.82, 2.24) is 25.5 Å². The minimum atomic E-state index is -0.288. The van der Waals surface area contributed by atoms with Crippen molar-refractivity contribution < 1.29 is 0 Å². The first-order valence-corrected chi connectivity index (χ1v) is 7.94. The zero-order valence-corrected chi connectivity index (χ0v) is 13.6. The van der Waals surface area contributed by atoms with Crippen molar-refractivity contribution in [1.29, 1.82) is 5.26 Å². The van der Waals surface area contributed by atoms with Crippen molar-refractivity contribution in [2.24, 2.45) is 11.3 Å². The number of nitrogens with zero attached hydrogens (tertiary/aromatic N) is 5. The van der Waals surface area contributed by atoms with E-state index in [4.69, 9.17) is 5.26 Å². The van der Waals surface area contributed by atoms with Crippen molar-refractivity contribution in [3.8, 4) is 6.07 Å². The van der Waals surface area contributed by atoms with Crippen molar-refractivity contribution in [2.45, 2.75) is 45.8 Å². The number of hydrogen-bond donors (Lipinski definition) is 1. The fourth-order valence-corrected chi connectivity index (χ4v) is 2.64. The molecule has 0 fully saturated rings. The maximum Gasteiger partial charge on any atom is 0.209 e. The topological polar surface area (TPSA) is 79.4 Å². The van der Waals surface area contributed by atoms with Gasteiger partial charge in [-0.15, -0.1) is 5.10 Å². The summed E-state index contributed by atoms with van der Waals surface area (Å²) >= 11 is 1.61. The molecule has 0 bridgehead atoms. The number of rotatable bonds is 9. The van der Waals surface area contributed by atoms with Gasteiger partial charge in [-0.05, 0) is 43.2 Å². The molecule has 0 saturated carbocycles. The Balaban J connectivity index is 2.34. The van der Waals surface area contributed by atoms with E-state index >= 15 is 0 Å². The van der Waals surface area contributed by atoms with E-state index in [9.17, 15) is 0 Å². The first kappa shape index (κ1) is 16.9. The van der Waals surface area contributed by atoms with Crippen LogP contribution in [0.5, 0.6) is 0 Å². The normalized spacial score (nSPS) is 11.8. The van der Waals surface area contributed by atoms with E-state index in [1.165, 1.54) is 0 Å². The van der Waals surface area contributed by atoms with Crippen molar-refractivity contribution in [3.05, 3.63) is 0 Å². The molecule has 0 aromatic carbocycles. The third-order valence-electron chi connectivity index (χ3n) is 2.81. The van der Waals surface area contributed by atoms with Gasteiger partial charge < -0.3 is 5.32 Å². The molecule has 0 spiro atoms. The molecule has 6 nitrogen and oxygen atoms in total.